The molecule has 24 heavy (non-hydrogen) atoms. The SMILES string of the molecule is Cc1ccc(NC(=O)[C@@H]2[C@H]3C[C@H]4[C@H](OC(=O)[C@H]42)[C@H]3Br)cc1[N+](=O)[O-]. The third-order valence-electron chi connectivity index (χ3n) is 5.50. The van der Waals surface area contributed by atoms with Crippen LogP contribution in [-0.4, -0.2) is 27.7 Å². The number of aryl methyl sites for hydroxylation is 1. The van der Waals surface area contributed by atoms with Gasteiger partial charge in [-0.15, -0.1) is 0 Å². The number of halogens is 1. The van der Waals surface area contributed by atoms with Crippen LogP contribution in [0.25, 0.3) is 0 Å². The Morgan fingerprint density at radius 2 is 2.17 bits per heavy atom. The number of benzene rings is 1. The van der Waals surface area contributed by atoms with Crippen LogP contribution < -0.4 is 5.32 Å². The zero-order valence-corrected chi connectivity index (χ0v) is 14.4. The molecule has 126 valence electrons. The number of carbonyl (C=O) groups excluding carboxylic acids is 2. The van der Waals surface area contributed by atoms with E-state index in [1.807, 2.05) is 0 Å². The van der Waals surface area contributed by atoms with Crippen LogP contribution in [0.5, 0.6) is 0 Å². The molecular weight excluding hydrogens is 380 g/mol. The van der Waals surface area contributed by atoms with Crippen molar-refractivity contribution in [3.63, 3.8) is 0 Å². The highest BCUT2D eigenvalue weighted by Gasteiger charge is 2.67. The molecule has 4 rings (SSSR count). The number of nitrogens with one attached hydrogen (secondary N) is 1. The normalized spacial score (nSPS) is 35.8. The molecule has 1 heterocycles. The number of fused-ring (bicyclic) bond motifs is 1. The number of nitro groups is 1. The maximum atomic E-state index is 12.7. The molecule has 2 bridgehead atoms. The molecule has 1 amide bonds. The second kappa shape index (κ2) is 5.27. The lowest BCUT2D eigenvalue weighted by Crippen LogP contribution is -2.40. The average molecular weight is 395 g/mol. The summed E-state index contributed by atoms with van der Waals surface area (Å²) in [6.07, 6.45) is 0.667. The summed E-state index contributed by atoms with van der Waals surface area (Å²) in [4.78, 5) is 35.4. The Labute approximate surface area is 146 Å². The van der Waals surface area contributed by atoms with E-state index in [0.717, 1.165) is 6.42 Å². The van der Waals surface area contributed by atoms with Crippen LogP contribution in [0.1, 0.15) is 12.0 Å². The number of alkyl halides is 1. The van der Waals surface area contributed by atoms with Gasteiger partial charge in [0, 0.05) is 23.2 Å². The Kier molecular flexibility index (Phi) is 3.42. The highest BCUT2D eigenvalue weighted by atomic mass is 79.9. The third kappa shape index (κ3) is 2.08. The van der Waals surface area contributed by atoms with Crippen LogP contribution in [0.4, 0.5) is 11.4 Å². The number of hydrogen-bond acceptors (Lipinski definition) is 5. The third-order valence-corrected chi connectivity index (χ3v) is 6.70. The summed E-state index contributed by atoms with van der Waals surface area (Å²) in [6.45, 7) is 1.64. The van der Waals surface area contributed by atoms with Crippen molar-refractivity contribution in [2.24, 2.45) is 23.7 Å². The van der Waals surface area contributed by atoms with Gasteiger partial charge in [0.15, 0.2) is 0 Å². The fourth-order valence-electron chi connectivity index (χ4n) is 4.44. The van der Waals surface area contributed by atoms with E-state index < -0.39 is 16.8 Å². The highest BCUT2D eigenvalue weighted by molar-refractivity contribution is 9.09. The lowest BCUT2D eigenvalue weighted by atomic mass is 9.79. The molecule has 6 atom stereocenters. The van der Waals surface area contributed by atoms with Gasteiger partial charge in [0.25, 0.3) is 5.69 Å². The number of esters is 1. The minimum Gasteiger partial charge on any atom is -0.461 e. The molecule has 8 heteroatoms. The van der Waals surface area contributed by atoms with Crippen molar-refractivity contribution in [1.82, 2.24) is 0 Å². The Hall–Kier alpha value is -1.96. The molecule has 1 aromatic carbocycles. The van der Waals surface area contributed by atoms with E-state index in [0.29, 0.717) is 11.3 Å². The minimum atomic E-state index is -0.476. The first-order chi connectivity index (χ1) is 11.4. The molecule has 3 aliphatic rings. The summed E-state index contributed by atoms with van der Waals surface area (Å²) in [5, 5.41) is 13.8. The Bertz CT molecular complexity index is 767. The lowest BCUT2D eigenvalue weighted by Gasteiger charge is -2.27. The van der Waals surface area contributed by atoms with Crippen molar-refractivity contribution in [2.75, 3.05) is 5.32 Å². The van der Waals surface area contributed by atoms with Crippen molar-refractivity contribution >= 4 is 39.2 Å². The molecule has 1 N–H and O–H groups in total. The number of carbonyl (C=O) groups is 2. The van der Waals surface area contributed by atoms with Crippen LogP contribution in [0, 0.1) is 40.7 Å². The number of amides is 1. The van der Waals surface area contributed by atoms with Crippen molar-refractivity contribution in [3.05, 3.63) is 33.9 Å². The Morgan fingerprint density at radius 1 is 1.42 bits per heavy atom. The number of nitrogens with zero attached hydrogens (tertiary/aromatic N) is 1. The number of anilines is 1. The van der Waals surface area contributed by atoms with Crippen LogP contribution in [0.15, 0.2) is 18.2 Å². The van der Waals surface area contributed by atoms with Gasteiger partial charge in [-0.3, -0.25) is 19.7 Å². The molecule has 2 aliphatic carbocycles. The van der Waals surface area contributed by atoms with Gasteiger partial charge in [0.2, 0.25) is 5.91 Å². The summed E-state index contributed by atoms with van der Waals surface area (Å²) in [7, 11) is 0. The van der Waals surface area contributed by atoms with Gasteiger partial charge in [0.05, 0.1) is 21.6 Å². The van der Waals surface area contributed by atoms with E-state index in [1.165, 1.54) is 6.07 Å². The lowest BCUT2D eigenvalue weighted by molar-refractivity contribution is -0.385. The molecule has 7 nitrogen and oxygen atoms in total. The molecule has 2 saturated carbocycles. The van der Waals surface area contributed by atoms with Gasteiger partial charge < -0.3 is 10.1 Å². The van der Waals surface area contributed by atoms with Crippen LogP contribution in [0.3, 0.4) is 0 Å². The topological polar surface area (TPSA) is 98.5 Å². The van der Waals surface area contributed by atoms with Gasteiger partial charge in [-0.25, -0.2) is 0 Å². The van der Waals surface area contributed by atoms with E-state index in [4.69, 9.17) is 4.74 Å². The zero-order valence-electron chi connectivity index (χ0n) is 12.8. The standard InChI is InChI=1S/C16H15BrN2O5/c1-6-2-3-7(4-10(6)19(22)23)18-15(20)11-8-5-9-12(11)16(21)24-14(9)13(8)17/h2-4,8-9,11-14H,5H2,1H3,(H,18,20)/t8-,9-,11-,12-,13+,14+/m1/s1. The molecule has 0 radical (unpaired) electrons. The van der Waals surface area contributed by atoms with Gasteiger partial charge in [-0.2, -0.15) is 0 Å². The first-order valence-electron chi connectivity index (χ1n) is 7.79. The second-order valence-electron chi connectivity index (χ2n) is 6.71. The maximum absolute atomic E-state index is 12.7. The summed E-state index contributed by atoms with van der Waals surface area (Å²) < 4.78 is 5.39. The Balaban J connectivity index is 1.58. The molecule has 0 spiro atoms. The van der Waals surface area contributed by atoms with Crippen molar-refractivity contribution in [3.8, 4) is 0 Å². The van der Waals surface area contributed by atoms with Crippen LogP contribution >= 0.6 is 15.9 Å². The smallest absolute Gasteiger partial charge is 0.310 e. The summed E-state index contributed by atoms with van der Waals surface area (Å²) in [6, 6.07) is 4.58. The maximum Gasteiger partial charge on any atom is 0.310 e. The predicted molar refractivity (Wildman–Crippen MR) is 87.6 cm³/mol. The number of nitro benzene ring substituents is 1. The fraction of sp³-hybridized carbons (Fsp3) is 0.500. The van der Waals surface area contributed by atoms with Crippen LogP contribution in [0.2, 0.25) is 0 Å². The predicted octanol–water partition coefficient (Wildman–Crippen LogP) is 2.41. The van der Waals surface area contributed by atoms with Crippen molar-refractivity contribution in [1.29, 1.82) is 0 Å². The molecule has 0 unspecified atom stereocenters. The summed E-state index contributed by atoms with van der Waals surface area (Å²) in [5.74, 6) is -1.27. The fourth-order valence-corrected chi connectivity index (χ4v) is 5.48. The summed E-state index contributed by atoms with van der Waals surface area (Å²) in [5.41, 5.74) is 0.856. The van der Waals surface area contributed by atoms with E-state index in [1.54, 1.807) is 19.1 Å². The number of ether oxygens (including phenoxy) is 1. The van der Waals surface area contributed by atoms with E-state index in [9.17, 15) is 19.7 Å². The molecular formula is C16H15BrN2O5. The minimum absolute atomic E-state index is 0.00620. The average Bonchev–Trinajstić information content (AvgIpc) is 3.13. The second-order valence-corrected chi connectivity index (χ2v) is 7.77. The monoisotopic (exact) mass is 394 g/mol. The highest BCUT2D eigenvalue weighted by Crippen LogP contribution is 2.60. The molecule has 1 aliphatic heterocycles. The first kappa shape index (κ1) is 15.6. The van der Waals surface area contributed by atoms with Crippen molar-refractivity contribution < 1.29 is 19.2 Å². The van der Waals surface area contributed by atoms with E-state index in [-0.39, 0.29) is 40.3 Å². The molecule has 3 fully saturated rings. The largest absolute Gasteiger partial charge is 0.461 e. The quantitative estimate of drug-likeness (QED) is 0.367. The number of rotatable bonds is 3. The van der Waals surface area contributed by atoms with Crippen LogP contribution in [-0.2, 0) is 14.3 Å². The molecule has 1 aromatic rings. The number of hydrogen-bond donors (Lipinski definition) is 1. The summed E-state index contributed by atoms with van der Waals surface area (Å²) >= 11 is 3.56. The van der Waals surface area contributed by atoms with E-state index >= 15 is 0 Å². The van der Waals surface area contributed by atoms with Gasteiger partial charge in [0.1, 0.15) is 6.10 Å². The van der Waals surface area contributed by atoms with Crippen molar-refractivity contribution in [2.45, 2.75) is 24.3 Å². The zero-order chi connectivity index (χ0) is 17.2. The molecule has 1 saturated heterocycles. The Morgan fingerprint density at radius 3 is 2.88 bits per heavy atom. The van der Waals surface area contributed by atoms with Gasteiger partial charge >= 0.3 is 5.97 Å². The molecule has 0 aromatic heterocycles. The van der Waals surface area contributed by atoms with E-state index in [2.05, 4.69) is 21.2 Å². The van der Waals surface area contributed by atoms with Gasteiger partial charge in [-0.1, -0.05) is 22.0 Å². The first-order valence-corrected chi connectivity index (χ1v) is 8.70. The van der Waals surface area contributed by atoms with Gasteiger partial charge in [-0.05, 0) is 25.3 Å².